The van der Waals surface area contributed by atoms with Gasteiger partial charge in [-0.1, -0.05) is 6.07 Å². The third kappa shape index (κ3) is 2.36. The Labute approximate surface area is 116 Å². The number of nitrogens with one attached hydrogen (secondary N) is 1. The largest absolute Gasteiger partial charge is 0.379 e. The first-order valence-corrected chi connectivity index (χ1v) is 7.24. The summed E-state index contributed by atoms with van der Waals surface area (Å²) in [6.45, 7) is 7.11. The molecule has 1 aromatic carbocycles. The number of fused-ring (bicyclic) bond motifs is 1. The number of aryl methyl sites for hydroxylation is 3. The first-order chi connectivity index (χ1) is 9.13. The van der Waals surface area contributed by atoms with Crippen molar-refractivity contribution in [1.29, 1.82) is 0 Å². The second-order valence-electron chi connectivity index (χ2n) is 4.93. The number of hydrogen-bond donors (Lipinski definition) is 1. The minimum atomic E-state index is 0.798. The van der Waals surface area contributed by atoms with Crippen molar-refractivity contribution in [2.75, 3.05) is 5.32 Å². The van der Waals surface area contributed by atoms with Crippen LogP contribution < -0.4 is 5.32 Å². The molecule has 0 amide bonds. The zero-order chi connectivity index (χ0) is 13.4. The van der Waals surface area contributed by atoms with E-state index >= 15 is 0 Å². The summed E-state index contributed by atoms with van der Waals surface area (Å²) in [4.78, 5) is 5.63. The molecule has 1 N–H and O–H groups in total. The van der Waals surface area contributed by atoms with Crippen LogP contribution in [0.1, 0.15) is 22.5 Å². The maximum atomic E-state index is 4.56. The smallest absolute Gasteiger partial charge is 0.194 e. The lowest BCUT2D eigenvalue weighted by Crippen LogP contribution is -2.03. The number of hydrogen-bond acceptors (Lipinski definition) is 3. The van der Waals surface area contributed by atoms with E-state index in [1.165, 1.54) is 22.5 Å². The highest BCUT2D eigenvalue weighted by atomic mass is 32.1. The minimum absolute atomic E-state index is 0.798. The van der Waals surface area contributed by atoms with Gasteiger partial charge in [0.05, 0.1) is 17.9 Å². The second-order valence-corrected chi connectivity index (χ2v) is 5.80. The van der Waals surface area contributed by atoms with Crippen LogP contribution in [0.3, 0.4) is 0 Å². The molecule has 4 heteroatoms. The molecule has 2 aromatic heterocycles. The lowest BCUT2D eigenvalue weighted by Gasteiger charge is -2.09. The van der Waals surface area contributed by atoms with Gasteiger partial charge in [-0.05, 0) is 44.0 Å². The van der Waals surface area contributed by atoms with Crippen LogP contribution in [0.2, 0.25) is 0 Å². The Morgan fingerprint density at radius 3 is 2.63 bits per heavy atom. The minimum Gasteiger partial charge on any atom is -0.379 e. The van der Waals surface area contributed by atoms with Crippen molar-refractivity contribution in [2.45, 2.75) is 27.3 Å². The molecule has 0 fully saturated rings. The van der Waals surface area contributed by atoms with Crippen molar-refractivity contribution in [2.24, 2.45) is 0 Å². The van der Waals surface area contributed by atoms with Gasteiger partial charge in [-0.3, -0.25) is 4.40 Å². The molecule has 3 nitrogen and oxygen atoms in total. The van der Waals surface area contributed by atoms with Crippen molar-refractivity contribution in [3.8, 4) is 0 Å². The molecule has 0 unspecified atom stereocenters. The first kappa shape index (κ1) is 12.2. The number of thiazole rings is 1. The van der Waals surface area contributed by atoms with E-state index < -0.39 is 0 Å². The molecule has 0 saturated carbocycles. The van der Waals surface area contributed by atoms with E-state index in [4.69, 9.17) is 0 Å². The molecule has 3 aromatic rings. The molecule has 2 heterocycles. The number of benzene rings is 1. The number of rotatable bonds is 3. The number of nitrogens with zero attached hydrogens (tertiary/aromatic N) is 2. The van der Waals surface area contributed by atoms with Gasteiger partial charge >= 0.3 is 0 Å². The van der Waals surface area contributed by atoms with Crippen LogP contribution in [0, 0.1) is 20.8 Å². The summed E-state index contributed by atoms with van der Waals surface area (Å²) in [7, 11) is 0. The summed E-state index contributed by atoms with van der Waals surface area (Å²) < 4.78 is 2.16. The maximum Gasteiger partial charge on any atom is 0.194 e. The van der Waals surface area contributed by atoms with E-state index in [0.29, 0.717) is 0 Å². The molecule has 19 heavy (non-hydrogen) atoms. The summed E-state index contributed by atoms with van der Waals surface area (Å²) >= 11 is 1.67. The average molecular weight is 271 g/mol. The highest BCUT2D eigenvalue weighted by molar-refractivity contribution is 7.15. The molecular formula is C15H17N3S. The highest BCUT2D eigenvalue weighted by Crippen LogP contribution is 2.19. The first-order valence-electron chi connectivity index (χ1n) is 6.36. The molecule has 0 aliphatic heterocycles. The lowest BCUT2D eigenvalue weighted by molar-refractivity contribution is 0.994. The van der Waals surface area contributed by atoms with Gasteiger partial charge in [0, 0.05) is 17.3 Å². The van der Waals surface area contributed by atoms with E-state index in [0.717, 1.165) is 17.2 Å². The van der Waals surface area contributed by atoms with Crippen molar-refractivity contribution >= 4 is 22.0 Å². The molecule has 98 valence electrons. The van der Waals surface area contributed by atoms with E-state index in [-0.39, 0.29) is 0 Å². The molecule has 0 aliphatic carbocycles. The molecule has 0 saturated heterocycles. The lowest BCUT2D eigenvalue weighted by atomic mass is 10.1. The van der Waals surface area contributed by atoms with E-state index in [9.17, 15) is 0 Å². The van der Waals surface area contributed by atoms with Gasteiger partial charge in [0.1, 0.15) is 0 Å². The van der Waals surface area contributed by atoms with Crippen molar-refractivity contribution in [3.63, 3.8) is 0 Å². The molecule has 0 aliphatic rings. The number of anilines is 1. The zero-order valence-corrected chi connectivity index (χ0v) is 12.2. The van der Waals surface area contributed by atoms with E-state index in [1.54, 1.807) is 11.3 Å². The number of aromatic nitrogens is 2. The predicted octanol–water partition coefficient (Wildman–Crippen LogP) is 3.93. The van der Waals surface area contributed by atoms with Crippen LogP contribution in [-0.4, -0.2) is 9.38 Å². The summed E-state index contributed by atoms with van der Waals surface area (Å²) in [6.07, 6.45) is 2.08. The fourth-order valence-electron chi connectivity index (χ4n) is 2.42. The van der Waals surface area contributed by atoms with Crippen molar-refractivity contribution < 1.29 is 0 Å². The summed E-state index contributed by atoms with van der Waals surface area (Å²) in [5.74, 6) is 0. The Balaban J connectivity index is 1.85. The summed E-state index contributed by atoms with van der Waals surface area (Å²) in [6, 6.07) is 6.54. The normalized spacial score (nSPS) is 11.1. The third-order valence-electron chi connectivity index (χ3n) is 3.24. The van der Waals surface area contributed by atoms with Crippen LogP contribution in [0.4, 0.5) is 5.69 Å². The fourth-order valence-corrected chi connectivity index (χ4v) is 3.19. The van der Waals surface area contributed by atoms with Crippen molar-refractivity contribution in [3.05, 3.63) is 52.3 Å². The average Bonchev–Trinajstić information content (AvgIpc) is 2.86. The Morgan fingerprint density at radius 2 is 1.89 bits per heavy atom. The SMILES string of the molecule is Cc1cc(C)cc(NCc2c(C)nc3sccn23)c1. The third-order valence-corrected chi connectivity index (χ3v) is 4.00. The Morgan fingerprint density at radius 1 is 1.16 bits per heavy atom. The van der Waals surface area contributed by atoms with E-state index in [2.05, 4.69) is 65.2 Å². The maximum absolute atomic E-state index is 4.56. The molecule has 0 radical (unpaired) electrons. The van der Waals surface area contributed by atoms with Gasteiger partial charge < -0.3 is 5.32 Å². The van der Waals surface area contributed by atoms with Gasteiger partial charge in [-0.15, -0.1) is 11.3 Å². The van der Waals surface area contributed by atoms with Gasteiger partial charge in [-0.25, -0.2) is 4.98 Å². The van der Waals surface area contributed by atoms with Gasteiger partial charge in [0.15, 0.2) is 4.96 Å². The Bertz CT molecular complexity index is 704. The molecule has 0 spiro atoms. The fraction of sp³-hybridized carbons (Fsp3) is 0.267. The van der Waals surface area contributed by atoms with Crippen LogP contribution in [0.15, 0.2) is 29.8 Å². The zero-order valence-electron chi connectivity index (χ0n) is 11.4. The topological polar surface area (TPSA) is 29.3 Å². The summed E-state index contributed by atoms with van der Waals surface area (Å²) in [5, 5.41) is 5.57. The Kier molecular flexibility index (Phi) is 3.03. The van der Waals surface area contributed by atoms with Crippen molar-refractivity contribution in [1.82, 2.24) is 9.38 Å². The van der Waals surface area contributed by atoms with Gasteiger partial charge in [0.25, 0.3) is 0 Å². The van der Waals surface area contributed by atoms with Crippen LogP contribution >= 0.6 is 11.3 Å². The monoisotopic (exact) mass is 271 g/mol. The van der Waals surface area contributed by atoms with Crippen LogP contribution in [-0.2, 0) is 6.54 Å². The van der Waals surface area contributed by atoms with Crippen LogP contribution in [0.25, 0.3) is 4.96 Å². The van der Waals surface area contributed by atoms with Crippen LogP contribution in [0.5, 0.6) is 0 Å². The molecule has 0 bridgehead atoms. The van der Waals surface area contributed by atoms with E-state index in [1.807, 2.05) is 0 Å². The quantitative estimate of drug-likeness (QED) is 0.782. The standard InChI is InChI=1S/C15H17N3S/c1-10-6-11(2)8-13(7-10)16-9-14-12(3)17-15-18(14)4-5-19-15/h4-8,16H,9H2,1-3H3. The second kappa shape index (κ2) is 4.70. The number of imidazole rings is 1. The molecule has 0 atom stereocenters. The molecule has 3 rings (SSSR count). The van der Waals surface area contributed by atoms with Gasteiger partial charge in [0.2, 0.25) is 0 Å². The summed E-state index contributed by atoms with van der Waals surface area (Å²) in [5.41, 5.74) is 6.07. The Hall–Kier alpha value is -1.81. The highest BCUT2D eigenvalue weighted by Gasteiger charge is 2.09. The van der Waals surface area contributed by atoms with Gasteiger partial charge in [-0.2, -0.15) is 0 Å². The molecular weight excluding hydrogens is 254 g/mol. The predicted molar refractivity (Wildman–Crippen MR) is 81.0 cm³/mol.